The summed E-state index contributed by atoms with van der Waals surface area (Å²) < 4.78 is 38.6. The molecule has 3 rings (SSSR count). The van der Waals surface area contributed by atoms with Gasteiger partial charge in [-0.05, 0) is 40.8 Å². The maximum absolute atomic E-state index is 13.6. The quantitative estimate of drug-likeness (QED) is 0.342. The van der Waals surface area contributed by atoms with Gasteiger partial charge in [-0.3, -0.25) is 9.10 Å². The highest BCUT2D eigenvalue weighted by molar-refractivity contribution is 7.92. The topological polar surface area (TPSA) is 97.3 Å². The molecule has 3 aromatic carbocycles. The number of para-hydroxylation sites is 1. The second-order valence-corrected chi connectivity index (χ2v) is 10.9. The van der Waals surface area contributed by atoms with Gasteiger partial charge in [-0.2, -0.15) is 5.10 Å². The van der Waals surface area contributed by atoms with Gasteiger partial charge in [-0.25, -0.2) is 13.8 Å². The van der Waals surface area contributed by atoms with Crippen LogP contribution in [-0.4, -0.2) is 41.3 Å². The van der Waals surface area contributed by atoms with Crippen LogP contribution in [0.1, 0.15) is 31.9 Å². The van der Waals surface area contributed by atoms with Crippen LogP contribution in [0.2, 0.25) is 0 Å². The van der Waals surface area contributed by atoms with Gasteiger partial charge >= 0.3 is 0 Å². The van der Waals surface area contributed by atoms with E-state index >= 15 is 0 Å². The lowest BCUT2D eigenvalue weighted by atomic mass is 9.87. The van der Waals surface area contributed by atoms with Crippen molar-refractivity contribution in [3.8, 4) is 11.5 Å². The predicted octanol–water partition coefficient (Wildman–Crippen LogP) is 4.35. The zero-order valence-electron chi connectivity index (χ0n) is 21.1. The average molecular weight is 510 g/mol. The van der Waals surface area contributed by atoms with Gasteiger partial charge in [0, 0.05) is 6.07 Å². The van der Waals surface area contributed by atoms with Crippen molar-refractivity contribution in [1.29, 1.82) is 0 Å². The van der Waals surface area contributed by atoms with Crippen LogP contribution in [0, 0.1) is 0 Å². The molecular weight excluding hydrogens is 478 g/mol. The first-order valence-corrected chi connectivity index (χ1v) is 12.7. The van der Waals surface area contributed by atoms with Crippen LogP contribution in [0.25, 0.3) is 0 Å². The molecule has 0 radical (unpaired) electrons. The van der Waals surface area contributed by atoms with Gasteiger partial charge in [0.1, 0.15) is 6.54 Å². The van der Waals surface area contributed by atoms with Crippen molar-refractivity contribution in [1.82, 2.24) is 5.43 Å². The fraction of sp³-hybridized carbons (Fsp3) is 0.259. The number of hydrazone groups is 1. The molecule has 0 aliphatic carbocycles. The molecule has 0 heterocycles. The van der Waals surface area contributed by atoms with Crippen molar-refractivity contribution in [2.45, 2.75) is 31.1 Å². The largest absolute Gasteiger partial charge is 0.493 e. The van der Waals surface area contributed by atoms with E-state index in [1.807, 2.05) is 24.3 Å². The third kappa shape index (κ3) is 6.42. The molecule has 9 heteroatoms. The molecule has 0 aliphatic rings. The normalized spacial score (nSPS) is 11.8. The number of nitrogens with one attached hydrogen (secondary N) is 1. The molecule has 1 amide bonds. The molecule has 36 heavy (non-hydrogen) atoms. The van der Waals surface area contributed by atoms with Crippen LogP contribution in [0.3, 0.4) is 0 Å². The van der Waals surface area contributed by atoms with Gasteiger partial charge in [-0.1, -0.05) is 63.2 Å². The number of ether oxygens (including phenoxy) is 2. The number of carbonyl (C=O) groups is 1. The van der Waals surface area contributed by atoms with E-state index in [-0.39, 0.29) is 16.1 Å². The third-order valence-corrected chi connectivity index (χ3v) is 7.22. The summed E-state index contributed by atoms with van der Waals surface area (Å²) in [4.78, 5) is 12.7. The lowest BCUT2D eigenvalue weighted by molar-refractivity contribution is -0.119. The van der Waals surface area contributed by atoms with Gasteiger partial charge in [0.2, 0.25) is 0 Å². The number of methoxy groups -OCH3 is 2. The Labute approximate surface area is 212 Å². The van der Waals surface area contributed by atoms with Gasteiger partial charge in [0.05, 0.1) is 31.0 Å². The number of anilines is 1. The summed E-state index contributed by atoms with van der Waals surface area (Å²) in [5.41, 5.74) is 4.78. The Bertz CT molecular complexity index is 1320. The Kier molecular flexibility index (Phi) is 8.37. The number of amides is 1. The Morgan fingerprint density at radius 1 is 0.944 bits per heavy atom. The second-order valence-electron chi connectivity index (χ2n) is 9.03. The molecule has 0 atom stereocenters. The first-order chi connectivity index (χ1) is 17.1. The highest BCUT2D eigenvalue weighted by Gasteiger charge is 2.28. The highest BCUT2D eigenvalue weighted by Crippen LogP contribution is 2.32. The molecule has 0 spiro atoms. The minimum atomic E-state index is -4.12. The number of benzene rings is 3. The standard InChI is InChI=1S/C27H31N3O5S/c1-27(2,3)21-13-11-20(12-14-21)18-28-29-26(31)19-30(22-9-7-6-8-10-22)36(32,33)23-15-16-24(34-4)25(17-23)35-5/h6-18H,19H2,1-5H3,(H,29,31). The van der Waals surface area contributed by atoms with Crippen LogP contribution in [0.5, 0.6) is 11.5 Å². The summed E-state index contributed by atoms with van der Waals surface area (Å²) >= 11 is 0. The molecule has 0 saturated carbocycles. The molecule has 190 valence electrons. The molecule has 0 saturated heterocycles. The molecular formula is C27H31N3O5S. The summed E-state index contributed by atoms with van der Waals surface area (Å²) in [6.07, 6.45) is 1.51. The smallest absolute Gasteiger partial charge is 0.264 e. The van der Waals surface area contributed by atoms with Crippen LogP contribution < -0.4 is 19.2 Å². The van der Waals surface area contributed by atoms with Crippen molar-refractivity contribution >= 4 is 27.8 Å². The molecule has 0 aliphatic heterocycles. The fourth-order valence-corrected chi connectivity index (χ4v) is 4.86. The number of hydrogen-bond donors (Lipinski definition) is 1. The van der Waals surface area contributed by atoms with Crippen molar-refractivity contribution in [3.05, 3.63) is 83.9 Å². The van der Waals surface area contributed by atoms with Crippen LogP contribution in [-0.2, 0) is 20.2 Å². The molecule has 8 nitrogen and oxygen atoms in total. The summed E-state index contributed by atoms with van der Waals surface area (Å²) in [5, 5.41) is 4.00. The molecule has 0 unspecified atom stereocenters. The third-order valence-electron chi connectivity index (χ3n) is 5.45. The van der Waals surface area contributed by atoms with E-state index in [2.05, 4.69) is 31.3 Å². The zero-order chi connectivity index (χ0) is 26.3. The second kappa shape index (κ2) is 11.3. The lowest BCUT2D eigenvalue weighted by Crippen LogP contribution is -2.39. The van der Waals surface area contributed by atoms with E-state index in [9.17, 15) is 13.2 Å². The maximum Gasteiger partial charge on any atom is 0.264 e. The number of nitrogens with zero attached hydrogens (tertiary/aromatic N) is 2. The lowest BCUT2D eigenvalue weighted by Gasteiger charge is -2.24. The van der Waals surface area contributed by atoms with Gasteiger partial charge < -0.3 is 9.47 Å². The Hall–Kier alpha value is -3.85. The van der Waals surface area contributed by atoms with E-state index < -0.39 is 22.5 Å². The first kappa shape index (κ1) is 26.7. The number of hydrogen-bond acceptors (Lipinski definition) is 6. The van der Waals surface area contributed by atoms with E-state index in [1.165, 1.54) is 44.2 Å². The Morgan fingerprint density at radius 3 is 2.17 bits per heavy atom. The number of rotatable bonds is 9. The number of sulfonamides is 1. The van der Waals surface area contributed by atoms with Crippen molar-refractivity contribution in [3.63, 3.8) is 0 Å². The molecule has 1 N–H and O–H groups in total. The first-order valence-electron chi connectivity index (χ1n) is 11.3. The molecule has 0 bridgehead atoms. The summed E-state index contributed by atoms with van der Waals surface area (Å²) in [7, 11) is -1.23. The molecule has 0 fully saturated rings. The van der Waals surface area contributed by atoms with Crippen molar-refractivity contribution in [2.75, 3.05) is 25.1 Å². The van der Waals surface area contributed by atoms with Gasteiger partial charge in [0.15, 0.2) is 11.5 Å². The maximum atomic E-state index is 13.6. The average Bonchev–Trinajstić information content (AvgIpc) is 2.87. The summed E-state index contributed by atoms with van der Waals surface area (Å²) in [6.45, 7) is 5.92. The van der Waals surface area contributed by atoms with Gasteiger partial charge in [0.25, 0.3) is 15.9 Å². The summed E-state index contributed by atoms with van der Waals surface area (Å²) in [6, 6.07) is 20.5. The minimum absolute atomic E-state index is 0.0319. The summed E-state index contributed by atoms with van der Waals surface area (Å²) in [5.74, 6) is 0.0638. The van der Waals surface area contributed by atoms with Crippen LogP contribution in [0.15, 0.2) is 82.8 Å². The fourth-order valence-electron chi connectivity index (χ4n) is 3.43. The molecule has 3 aromatic rings. The molecule has 0 aromatic heterocycles. The number of carbonyl (C=O) groups excluding carboxylic acids is 1. The van der Waals surface area contributed by atoms with Gasteiger partial charge in [-0.15, -0.1) is 0 Å². The Morgan fingerprint density at radius 2 is 1.58 bits per heavy atom. The highest BCUT2D eigenvalue weighted by atomic mass is 32.2. The predicted molar refractivity (Wildman–Crippen MR) is 141 cm³/mol. The van der Waals surface area contributed by atoms with Crippen molar-refractivity contribution < 1.29 is 22.7 Å². The minimum Gasteiger partial charge on any atom is -0.493 e. The zero-order valence-corrected chi connectivity index (χ0v) is 21.9. The monoisotopic (exact) mass is 509 g/mol. The van der Waals surface area contributed by atoms with E-state index in [4.69, 9.17) is 9.47 Å². The van der Waals surface area contributed by atoms with Crippen molar-refractivity contribution in [2.24, 2.45) is 5.10 Å². The Balaban J connectivity index is 1.81. The van der Waals surface area contributed by atoms with E-state index in [0.29, 0.717) is 11.4 Å². The van der Waals surface area contributed by atoms with E-state index in [1.54, 1.807) is 30.3 Å². The van der Waals surface area contributed by atoms with Crippen LogP contribution >= 0.6 is 0 Å². The van der Waals surface area contributed by atoms with Crippen LogP contribution in [0.4, 0.5) is 5.69 Å². The SMILES string of the molecule is COc1ccc(S(=O)(=O)N(CC(=O)NN=Cc2ccc(C(C)(C)C)cc2)c2ccccc2)cc1OC. The van der Waals surface area contributed by atoms with E-state index in [0.717, 1.165) is 9.87 Å².